The third-order valence-corrected chi connectivity index (χ3v) is 5.72. The van der Waals surface area contributed by atoms with Gasteiger partial charge in [-0.25, -0.2) is 4.79 Å². The zero-order valence-electron chi connectivity index (χ0n) is 22.1. The molecule has 1 aromatic rings. The molecule has 1 aliphatic carbocycles. The van der Waals surface area contributed by atoms with E-state index in [0.29, 0.717) is 17.5 Å². The Bertz CT molecular complexity index is 1030. The van der Waals surface area contributed by atoms with Crippen LogP contribution in [0.3, 0.4) is 0 Å². The fourth-order valence-corrected chi connectivity index (χ4v) is 3.89. The largest absolute Gasteiger partial charge is 0.466 e. The van der Waals surface area contributed by atoms with Crippen LogP contribution in [0, 0.1) is 18.3 Å². The number of terminal acetylenes is 1. The number of alkyl carbamates (subject to hydrolysis) is 1. The molecule has 0 bridgehead atoms. The van der Waals surface area contributed by atoms with Crippen LogP contribution in [0.1, 0.15) is 64.6 Å². The van der Waals surface area contributed by atoms with Gasteiger partial charge in [-0.05, 0) is 51.7 Å². The summed E-state index contributed by atoms with van der Waals surface area (Å²) in [5.41, 5.74) is 0.0186. The molecule has 4 atom stereocenters. The molecule has 10 nitrogen and oxygen atoms in total. The van der Waals surface area contributed by atoms with E-state index in [9.17, 15) is 24.3 Å². The maximum Gasteiger partial charge on any atom is 0.408 e. The van der Waals surface area contributed by atoms with E-state index in [4.69, 9.17) is 15.9 Å². The van der Waals surface area contributed by atoms with E-state index in [0.717, 1.165) is 0 Å². The van der Waals surface area contributed by atoms with Gasteiger partial charge in [0.1, 0.15) is 17.7 Å². The maximum atomic E-state index is 13.8. The average molecular weight is 516 g/mol. The zero-order valence-corrected chi connectivity index (χ0v) is 22.1. The van der Waals surface area contributed by atoms with E-state index in [2.05, 4.69) is 16.6 Å². The molecule has 202 valence electrons. The minimum Gasteiger partial charge on any atom is -0.466 e. The van der Waals surface area contributed by atoms with Crippen LogP contribution in [-0.2, 0) is 23.9 Å². The van der Waals surface area contributed by atoms with E-state index in [-0.39, 0.29) is 31.5 Å². The van der Waals surface area contributed by atoms with Gasteiger partial charge < -0.3 is 30.1 Å². The van der Waals surface area contributed by atoms with Gasteiger partial charge in [0.05, 0.1) is 19.6 Å². The summed E-state index contributed by atoms with van der Waals surface area (Å²) in [6.07, 6.45) is 5.42. The second-order valence-corrected chi connectivity index (χ2v) is 9.89. The smallest absolute Gasteiger partial charge is 0.408 e. The van der Waals surface area contributed by atoms with E-state index in [1.807, 2.05) is 6.92 Å². The van der Waals surface area contributed by atoms with E-state index in [1.54, 1.807) is 52.0 Å². The molecule has 3 amide bonds. The van der Waals surface area contributed by atoms with Crippen molar-refractivity contribution in [2.75, 3.05) is 19.8 Å². The average Bonchev–Trinajstić information content (AvgIpc) is 3.55. The SMILES string of the molecule is C#Cc1ccccc1C(C(=O)NCCC(=O)OCC)N(C(=O)C(CO)NC(=O)OC(C)(C)C)C1CC1C. The fourth-order valence-electron chi connectivity index (χ4n) is 3.89. The van der Waals surface area contributed by atoms with Crippen LogP contribution in [0.2, 0.25) is 0 Å². The second-order valence-electron chi connectivity index (χ2n) is 9.89. The monoisotopic (exact) mass is 515 g/mol. The first-order valence-corrected chi connectivity index (χ1v) is 12.3. The number of hydrogen-bond donors (Lipinski definition) is 3. The Kier molecular flexibility index (Phi) is 10.5. The number of rotatable bonds is 11. The molecule has 0 aliphatic heterocycles. The first-order chi connectivity index (χ1) is 17.4. The van der Waals surface area contributed by atoms with Crippen molar-refractivity contribution < 1.29 is 33.8 Å². The van der Waals surface area contributed by atoms with E-state index < -0.39 is 48.2 Å². The lowest BCUT2D eigenvalue weighted by Gasteiger charge is -2.35. The van der Waals surface area contributed by atoms with Gasteiger partial charge in [-0.15, -0.1) is 6.42 Å². The van der Waals surface area contributed by atoms with Crippen molar-refractivity contribution in [2.45, 2.75) is 71.2 Å². The Hall–Kier alpha value is -3.58. The van der Waals surface area contributed by atoms with Gasteiger partial charge in [-0.1, -0.05) is 31.0 Å². The number of nitrogens with one attached hydrogen (secondary N) is 2. The van der Waals surface area contributed by atoms with Crippen molar-refractivity contribution in [2.24, 2.45) is 5.92 Å². The lowest BCUT2D eigenvalue weighted by atomic mass is 9.97. The molecule has 0 spiro atoms. The van der Waals surface area contributed by atoms with Crippen LogP contribution in [0.15, 0.2) is 24.3 Å². The van der Waals surface area contributed by atoms with Crippen molar-refractivity contribution in [1.82, 2.24) is 15.5 Å². The van der Waals surface area contributed by atoms with Crippen LogP contribution in [-0.4, -0.2) is 71.3 Å². The summed E-state index contributed by atoms with van der Waals surface area (Å²) >= 11 is 0. The molecule has 0 radical (unpaired) electrons. The van der Waals surface area contributed by atoms with Crippen molar-refractivity contribution in [3.8, 4) is 12.3 Å². The quantitative estimate of drug-likeness (QED) is 0.303. The molecule has 2 rings (SSSR count). The summed E-state index contributed by atoms with van der Waals surface area (Å²) in [6.45, 7) is 8.16. The third kappa shape index (κ3) is 8.50. The standard InChI is InChI=1S/C27H37N3O7/c1-7-18-11-9-10-12-19(18)23(24(33)28-14-13-22(32)36-8-2)30(21-15-17(21)3)25(34)20(16-31)29-26(35)37-27(4,5)6/h1,9-12,17,20-21,23,31H,8,13-16H2,2-6H3,(H,28,33)(H,29,35). The topological polar surface area (TPSA) is 134 Å². The lowest BCUT2D eigenvalue weighted by Crippen LogP contribution is -2.55. The van der Waals surface area contributed by atoms with Crippen molar-refractivity contribution in [3.05, 3.63) is 35.4 Å². The molecule has 0 saturated heterocycles. The Labute approximate surface area is 218 Å². The van der Waals surface area contributed by atoms with Gasteiger partial charge in [0.15, 0.2) is 0 Å². The molecular formula is C27H37N3O7. The number of benzene rings is 1. The number of amides is 3. The molecular weight excluding hydrogens is 478 g/mol. The zero-order chi connectivity index (χ0) is 27.8. The van der Waals surface area contributed by atoms with Gasteiger partial charge in [0.2, 0.25) is 11.8 Å². The minimum absolute atomic E-state index is 0.00573. The normalized spacial score (nSPS) is 18.0. The van der Waals surface area contributed by atoms with Crippen LogP contribution < -0.4 is 10.6 Å². The Morgan fingerprint density at radius 1 is 1.24 bits per heavy atom. The Balaban J connectivity index is 2.42. The Morgan fingerprint density at radius 3 is 2.43 bits per heavy atom. The minimum atomic E-state index is -1.35. The number of nitrogens with zero attached hydrogens (tertiary/aromatic N) is 1. The summed E-state index contributed by atoms with van der Waals surface area (Å²) < 4.78 is 10.1. The van der Waals surface area contributed by atoms with E-state index >= 15 is 0 Å². The van der Waals surface area contributed by atoms with Gasteiger partial charge in [0.25, 0.3) is 0 Å². The Morgan fingerprint density at radius 2 is 1.89 bits per heavy atom. The first kappa shape index (κ1) is 29.6. The third-order valence-electron chi connectivity index (χ3n) is 5.72. The predicted octanol–water partition coefficient (Wildman–Crippen LogP) is 1.90. The van der Waals surface area contributed by atoms with Crippen molar-refractivity contribution in [1.29, 1.82) is 0 Å². The number of ether oxygens (including phenoxy) is 2. The first-order valence-electron chi connectivity index (χ1n) is 12.3. The van der Waals surface area contributed by atoms with Crippen molar-refractivity contribution >= 4 is 23.9 Å². The number of aliphatic hydroxyl groups excluding tert-OH is 1. The van der Waals surface area contributed by atoms with Crippen LogP contribution in [0.5, 0.6) is 0 Å². The highest BCUT2D eigenvalue weighted by molar-refractivity contribution is 5.93. The molecule has 3 N–H and O–H groups in total. The highest BCUT2D eigenvalue weighted by Gasteiger charge is 2.48. The molecule has 37 heavy (non-hydrogen) atoms. The molecule has 10 heteroatoms. The summed E-state index contributed by atoms with van der Waals surface area (Å²) in [7, 11) is 0. The van der Waals surface area contributed by atoms with Gasteiger partial charge in [0, 0.05) is 18.2 Å². The molecule has 0 heterocycles. The molecule has 1 aliphatic rings. The van der Waals surface area contributed by atoms with E-state index in [1.165, 1.54) is 4.90 Å². The maximum absolute atomic E-state index is 13.8. The molecule has 4 unspecified atom stereocenters. The molecule has 0 aromatic heterocycles. The van der Waals surface area contributed by atoms with Crippen LogP contribution in [0.25, 0.3) is 0 Å². The number of hydrogen-bond acceptors (Lipinski definition) is 7. The van der Waals surface area contributed by atoms with Crippen LogP contribution in [0.4, 0.5) is 4.79 Å². The molecule has 1 aromatic carbocycles. The van der Waals surface area contributed by atoms with Gasteiger partial charge in [-0.2, -0.15) is 0 Å². The van der Waals surface area contributed by atoms with Crippen molar-refractivity contribution in [3.63, 3.8) is 0 Å². The van der Waals surface area contributed by atoms with Crippen LogP contribution >= 0.6 is 0 Å². The van der Waals surface area contributed by atoms with Gasteiger partial charge >= 0.3 is 12.1 Å². The number of carbonyl (C=O) groups excluding carboxylic acids is 4. The predicted molar refractivity (Wildman–Crippen MR) is 136 cm³/mol. The van der Waals surface area contributed by atoms with Gasteiger partial charge in [-0.3, -0.25) is 14.4 Å². The highest BCUT2D eigenvalue weighted by atomic mass is 16.6. The number of carbonyl (C=O) groups is 4. The second kappa shape index (κ2) is 13.1. The molecule has 1 saturated carbocycles. The summed E-state index contributed by atoms with van der Waals surface area (Å²) in [5, 5.41) is 15.1. The summed E-state index contributed by atoms with van der Waals surface area (Å²) in [4.78, 5) is 52.8. The highest BCUT2D eigenvalue weighted by Crippen LogP contribution is 2.41. The number of esters is 1. The summed E-state index contributed by atoms with van der Waals surface area (Å²) in [6, 6.07) is 3.91. The summed E-state index contributed by atoms with van der Waals surface area (Å²) in [5.74, 6) is 0.973. The lowest BCUT2D eigenvalue weighted by molar-refractivity contribution is -0.145. The molecule has 1 fully saturated rings. The number of aliphatic hydroxyl groups is 1. The fraction of sp³-hybridized carbons (Fsp3) is 0.556.